The van der Waals surface area contributed by atoms with Crippen LogP contribution in [0.4, 0.5) is 0 Å². The van der Waals surface area contributed by atoms with Crippen molar-refractivity contribution in [2.24, 2.45) is 5.92 Å². The molecule has 0 aliphatic heterocycles. The van der Waals surface area contributed by atoms with Crippen LogP contribution in [0.3, 0.4) is 0 Å². The fourth-order valence-corrected chi connectivity index (χ4v) is 6.79. The smallest absolute Gasteiger partial charge is 0.192 e. The summed E-state index contributed by atoms with van der Waals surface area (Å²) in [5.74, 6) is 0.785. The highest BCUT2D eigenvalue weighted by atomic mass is 28.4. The van der Waals surface area contributed by atoms with Gasteiger partial charge in [-0.25, -0.2) is 0 Å². The minimum absolute atomic E-state index is 0.432. The molecule has 1 fully saturated rings. The molecular weight excluding hydrogens is 272 g/mol. The third kappa shape index (κ3) is 5.24. The third-order valence-corrected chi connectivity index (χ3v) is 10.2. The highest BCUT2D eigenvalue weighted by Gasteiger charge is 2.36. The van der Waals surface area contributed by atoms with Gasteiger partial charge in [0.15, 0.2) is 8.32 Å². The van der Waals surface area contributed by atoms with Gasteiger partial charge in [0, 0.05) is 0 Å². The van der Waals surface area contributed by atoms with Crippen molar-refractivity contribution in [1.82, 2.24) is 0 Å². The molecule has 1 aliphatic carbocycles. The lowest BCUT2D eigenvalue weighted by Gasteiger charge is -2.39. The maximum absolute atomic E-state index is 7.00. The Morgan fingerprint density at radius 3 is 2.00 bits per heavy atom. The van der Waals surface area contributed by atoms with Crippen LogP contribution in [0.25, 0.3) is 0 Å². The van der Waals surface area contributed by atoms with Gasteiger partial charge < -0.3 is 4.43 Å². The van der Waals surface area contributed by atoms with Crippen LogP contribution in [0.2, 0.25) is 18.1 Å². The summed E-state index contributed by atoms with van der Waals surface area (Å²) in [6, 6.07) is 3.81. The first kappa shape index (κ1) is 19.0. The summed E-state index contributed by atoms with van der Waals surface area (Å²) >= 11 is 0. The van der Waals surface area contributed by atoms with Gasteiger partial charge >= 0.3 is 0 Å². The molecule has 0 heterocycles. The SMILES string of the molecule is CC/C=C(\CC)[C@@H](O[Si](CC)(CC)CC)C1CCCCC1. The van der Waals surface area contributed by atoms with Gasteiger partial charge in [-0.3, -0.25) is 0 Å². The van der Waals surface area contributed by atoms with Crippen LogP contribution in [-0.2, 0) is 4.43 Å². The second kappa shape index (κ2) is 9.84. The quantitative estimate of drug-likeness (QED) is 0.340. The fraction of sp³-hybridized carbons (Fsp3) is 0.895. The lowest BCUT2D eigenvalue weighted by molar-refractivity contribution is 0.123. The predicted molar refractivity (Wildman–Crippen MR) is 97.3 cm³/mol. The van der Waals surface area contributed by atoms with Crippen molar-refractivity contribution < 1.29 is 4.43 Å². The first-order valence-electron chi connectivity index (χ1n) is 9.53. The first-order chi connectivity index (χ1) is 10.2. The molecule has 0 saturated heterocycles. The Balaban J connectivity index is 2.96. The summed E-state index contributed by atoms with van der Waals surface area (Å²) in [5, 5.41) is 0. The zero-order valence-corrected chi connectivity index (χ0v) is 16.2. The lowest BCUT2D eigenvalue weighted by atomic mass is 9.82. The molecule has 0 aromatic heterocycles. The minimum atomic E-state index is -1.51. The molecule has 1 nitrogen and oxygen atoms in total. The van der Waals surface area contributed by atoms with E-state index in [0.717, 1.165) is 18.8 Å². The molecule has 0 aromatic rings. The molecule has 0 radical (unpaired) electrons. The van der Waals surface area contributed by atoms with Crippen LogP contribution in [0.15, 0.2) is 11.6 Å². The summed E-state index contributed by atoms with van der Waals surface area (Å²) in [7, 11) is -1.51. The van der Waals surface area contributed by atoms with Crippen molar-refractivity contribution in [3.63, 3.8) is 0 Å². The number of hydrogen-bond acceptors (Lipinski definition) is 1. The Bertz CT molecular complexity index is 292. The monoisotopic (exact) mass is 310 g/mol. The summed E-state index contributed by atoms with van der Waals surface area (Å²) in [4.78, 5) is 0. The van der Waals surface area contributed by atoms with E-state index in [1.165, 1.54) is 50.2 Å². The van der Waals surface area contributed by atoms with Crippen molar-refractivity contribution in [3.8, 4) is 0 Å². The van der Waals surface area contributed by atoms with E-state index in [0.29, 0.717) is 6.10 Å². The topological polar surface area (TPSA) is 9.23 Å². The van der Waals surface area contributed by atoms with Crippen LogP contribution >= 0.6 is 0 Å². The van der Waals surface area contributed by atoms with Crippen LogP contribution in [-0.4, -0.2) is 14.4 Å². The van der Waals surface area contributed by atoms with Gasteiger partial charge in [-0.2, -0.15) is 0 Å². The maximum atomic E-state index is 7.00. The molecule has 2 heteroatoms. The Kier molecular flexibility index (Phi) is 8.88. The number of hydrogen-bond donors (Lipinski definition) is 0. The summed E-state index contributed by atoms with van der Waals surface area (Å²) in [6.45, 7) is 11.6. The van der Waals surface area contributed by atoms with E-state index in [4.69, 9.17) is 4.43 Å². The van der Waals surface area contributed by atoms with Crippen LogP contribution in [0.5, 0.6) is 0 Å². The molecule has 124 valence electrons. The van der Waals surface area contributed by atoms with E-state index in [9.17, 15) is 0 Å². The molecule has 1 saturated carbocycles. The molecule has 1 atom stereocenters. The Labute approximate surface area is 134 Å². The maximum Gasteiger partial charge on any atom is 0.192 e. The zero-order valence-electron chi connectivity index (χ0n) is 15.2. The molecule has 0 bridgehead atoms. The van der Waals surface area contributed by atoms with E-state index >= 15 is 0 Å². The van der Waals surface area contributed by atoms with Crippen LogP contribution in [0.1, 0.15) is 79.6 Å². The highest BCUT2D eigenvalue weighted by Crippen LogP contribution is 2.36. The minimum Gasteiger partial charge on any atom is -0.410 e. The van der Waals surface area contributed by atoms with Crippen molar-refractivity contribution in [1.29, 1.82) is 0 Å². The van der Waals surface area contributed by atoms with Crippen molar-refractivity contribution in [2.45, 2.75) is 104 Å². The van der Waals surface area contributed by atoms with Crippen molar-refractivity contribution in [3.05, 3.63) is 11.6 Å². The second-order valence-electron chi connectivity index (χ2n) is 6.72. The predicted octanol–water partition coefficient (Wildman–Crippen LogP) is 6.70. The van der Waals surface area contributed by atoms with Gasteiger partial charge in [0.1, 0.15) is 0 Å². The summed E-state index contributed by atoms with van der Waals surface area (Å²) in [6.07, 6.45) is 12.2. The number of allylic oxidation sites excluding steroid dienone is 1. The Morgan fingerprint density at radius 2 is 1.57 bits per heavy atom. The van der Waals surface area contributed by atoms with Crippen molar-refractivity contribution in [2.75, 3.05) is 0 Å². The standard InChI is InChI=1S/C19H38OSi/c1-6-14-17(7-2)19(18-15-12-11-13-16-18)20-21(8-3,9-4)10-5/h14,18-19H,6-13,15-16H2,1-5H3/b17-14+/t19-/m1/s1. The van der Waals surface area contributed by atoms with Crippen LogP contribution in [0, 0.1) is 5.92 Å². The Hall–Kier alpha value is -0.0831. The molecule has 1 rings (SSSR count). The van der Waals surface area contributed by atoms with Gasteiger partial charge in [-0.15, -0.1) is 0 Å². The first-order valence-corrected chi connectivity index (χ1v) is 12.1. The van der Waals surface area contributed by atoms with E-state index in [2.05, 4.69) is 40.7 Å². The Morgan fingerprint density at radius 1 is 1.00 bits per heavy atom. The normalized spacial score (nSPS) is 19.8. The lowest BCUT2D eigenvalue weighted by Crippen LogP contribution is -2.43. The van der Waals surface area contributed by atoms with Gasteiger partial charge in [0.25, 0.3) is 0 Å². The highest BCUT2D eigenvalue weighted by molar-refractivity contribution is 6.73. The van der Waals surface area contributed by atoms with Gasteiger partial charge in [0.05, 0.1) is 6.10 Å². The molecule has 21 heavy (non-hydrogen) atoms. The molecule has 0 N–H and O–H groups in total. The van der Waals surface area contributed by atoms with E-state index < -0.39 is 8.32 Å². The van der Waals surface area contributed by atoms with Crippen molar-refractivity contribution >= 4 is 8.32 Å². The molecule has 0 spiro atoms. The largest absolute Gasteiger partial charge is 0.410 e. The average Bonchev–Trinajstić information content (AvgIpc) is 2.56. The van der Waals surface area contributed by atoms with Crippen LogP contribution < -0.4 is 0 Å². The van der Waals surface area contributed by atoms with E-state index in [-0.39, 0.29) is 0 Å². The van der Waals surface area contributed by atoms with E-state index in [1.54, 1.807) is 5.57 Å². The fourth-order valence-electron chi connectivity index (χ4n) is 3.90. The summed E-state index contributed by atoms with van der Waals surface area (Å²) in [5.41, 5.74) is 1.59. The van der Waals surface area contributed by atoms with Gasteiger partial charge in [-0.1, -0.05) is 60.0 Å². The molecular formula is C19H38OSi. The van der Waals surface area contributed by atoms with Gasteiger partial charge in [0.2, 0.25) is 0 Å². The molecule has 0 unspecified atom stereocenters. The van der Waals surface area contributed by atoms with E-state index in [1.807, 2.05) is 0 Å². The molecule has 0 aromatic carbocycles. The summed E-state index contributed by atoms with van der Waals surface area (Å²) < 4.78 is 7.00. The third-order valence-electron chi connectivity index (χ3n) is 5.63. The average molecular weight is 311 g/mol. The van der Waals surface area contributed by atoms with Gasteiger partial charge in [-0.05, 0) is 55.3 Å². The zero-order chi connectivity index (χ0) is 15.7. The molecule has 1 aliphatic rings. The molecule has 0 amide bonds. The number of rotatable bonds is 9. The second-order valence-corrected chi connectivity index (χ2v) is 11.4.